The second-order valence-corrected chi connectivity index (χ2v) is 10.2. The van der Waals surface area contributed by atoms with E-state index in [1.54, 1.807) is 28.9 Å². The quantitative estimate of drug-likeness (QED) is 0.347. The monoisotopic (exact) mass is 485 g/mol. The average molecular weight is 486 g/mol. The number of hydrogen-bond donors (Lipinski definition) is 3. The van der Waals surface area contributed by atoms with Crippen LogP contribution in [-0.4, -0.2) is 40.8 Å². The number of rotatable bonds is 8. The number of thiol groups is 1. The third kappa shape index (κ3) is 6.96. The fourth-order valence-electron chi connectivity index (χ4n) is 3.81. The molecule has 2 unspecified atom stereocenters. The Labute approximate surface area is 205 Å². The first-order valence-corrected chi connectivity index (χ1v) is 13.0. The molecule has 3 rings (SSSR count). The maximum atomic E-state index is 13.6. The second kappa shape index (κ2) is 11.9. The summed E-state index contributed by atoms with van der Waals surface area (Å²) in [5, 5.41) is 5.14. The van der Waals surface area contributed by atoms with Crippen LogP contribution in [0.4, 0.5) is 4.39 Å². The van der Waals surface area contributed by atoms with Gasteiger partial charge in [0.05, 0.1) is 0 Å². The van der Waals surface area contributed by atoms with Crippen molar-refractivity contribution in [1.29, 1.82) is 0 Å². The zero-order valence-electron chi connectivity index (χ0n) is 19.3. The number of nitrogens with zero attached hydrogens (tertiary/aromatic N) is 1. The van der Waals surface area contributed by atoms with Gasteiger partial charge < -0.3 is 5.32 Å². The fraction of sp³-hybridized carbons (Fsp3) is 0.346. The van der Waals surface area contributed by atoms with E-state index < -0.39 is 0 Å². The van der Waals surface area contributed by atoms with Gasteiger partial charge in [-0.05, 0) is 59.6 Å². The third-order valence-corrected chi connectivity index (χ3v) is 6.54. The van der Waals surface area contributed by atoms with Crippen LogP contribution in [-0.2, 0) is 0 Å². The summed E-state index contributed by atoms with van der Waals surface area (Å²) >= 11 is 6.23. The highest BCUT2D eigenvalue weighted by molar-refractivity contribution is 7.98. The lowest BCUT2D eigenvalue weighted by atomic mass is 9.96. The van der Waals surface area contributed by atoms with E-state index in [0.29, 0.717) is 5.56 Å². The van der Waals surface area contributed by atoms with Crippen molar-refractivity contribution in [1.82, 2.24) is 10.3 Å². The Hall–Kier alpha value is -2.06. The van der Waals surface area contributed by atoms with Crippen LogP contribution in [0.15, 0.2) is 60.3 Å². The van der Waals surface area contributed by atoms with Gasteiger partial charge in [-0.3, -0.25) is 10.6 Å². The molecule has 0 saturated carbocycles. The fourth-order valence-corrected chi connectivity index (χ4v) is 4.56. The largest absolute Gasteiger partial charge is 0.326 e. The molecule has 176 valence electrons. The van der Waals surface area contributed by atoms with Crippen molar-refractivity contribution >= 4 is 36.4 Å². The van der Waals surface area contributed by atoms with Gasteiger partial charge in [-0.15, -0.1) is 0 Å². The molecule has 1 heterocycles. The van der Waals surface area contributed by atoms with E-state index >= 15 is 0 Å². The summed E-state index contributed by atoms with van der Waals surface area (Å²) in [4.78, 5) is 13.3. The molecule has 4 nitrogen and oxygen atoms in total. The Balaban J connectivity index is 1.94. The smallest absolute Gasteiger partial charge is 0.256 e. The second-order valence-electron chi connectivity index (χ2n) is 8.55. The highest BCUT2D eigenvalue weighted by atomic mass is 32.2. The number of halogens is 1. The van der Waals surface area contributed by atoms with Gasteiger partial charge in [0, 0.05) is 34.8 Å². The lowest BCUT2D eigenvalue weighted by Crippen LogP contribution is -2.34. The molecule has 0 aromatic heterocycles. The Morgan fingerprint density at radius 2 is 2.03 bits per heavy atom. The van der Waals surface area contributed by atoms with E-state index in [0.717, 1.165) is 41.1 Å². The van der Waals surface area contributed by atoms with Crippen LogP contribution in [0.5, 0.6) is 0 Å². The first kappa shape index (κ1) is 25.6. The molecule has 0 radical (unpaired) electrons. The molecule has 2 atom stereocenters. The van der Waals surface area contributed by atoms with Crippen molar-refractivity contribution in [2.75, 3.05) is 18.6 Å². The maximum absolute atomic E-state index is 13.6. The van der Waals surface area contributed by atoms with Gasteiger partial charge in [0.25, 0.3) is 5.91 Å². The average Bonchev–Trinajstić information content (AvgIpc) is 3.12. The van der Waals surface area contributed by atoms with Crippen molar-refractivity contribution in [3.63, 3.8) is 0 Å². The van der Waals surface area contributed by atoms with Crippen LogP contribution in [0, 0.1) is 11.7 Å². The van der Waals surface area contributed by atoms with Crippen LogP contribution in [0.3, 0.4) is 0 Å². The third-order valence-electron chi connectivity index (χ3n) is 5.67. The zero-order valence-corrected chi connectivity index (χ0v) is 21.0. The first-order valence-electron chi connectivity index (χ1n) is 11.1. The van der Waals surface area contributed by atoms with Gasteiger partial charge >= 0.3 is 0 Å². The lowest BCUT2D eigenvalue weighted by Gasteiger charge is -2.17. The summed E-state index contributed by atoms with van der Waals surface area (Å²) in [6, 6.07) is 12.1. The van der Waals surface area contributed by atoms with E-state index in [1.165, 1.54) is 12.1 Å². The Kier molecular flexibility index (Phi) is 9.20. The van der Waals surface area contributed by atoms with E-state index in [4.69, 9.17) is 5.84 Å². The topological polar surface area (TPSA) is 58.4 Å². The summed E-state index contributed by atoms with van der Waals surface area (Å²) in [5.41, 5.74) is 3.93. The van der Waals surface area contributed by atoms with Crippen molar-refractivity contribution in [3.8, 4) is 11.1 Å². The number of thioether (sulfide) groups is 1. The minimum absolute atomic E-state index is 0.125. The summed E-state index contributed by atoms with van der Waals surface area (Å²) in [6.07, 6.45) is 9.06. The van der Waals surface area contributed by atoms with Gasteiger partial charge in [0.2, 0.25) is 0 Å². The van der Waals surface area contributed by atoms with Gasteiger partial charge in [-0.1, -0.05) is 50.3 Å². The minimum atomic E-state index is -0.312. The maximum Gasteiger partial charge on any atom is 0.256 e. The van der Waals surface area contributed by atoms with Crippen LogP contribution < -0.4 is 11.2 Å². The van der Waals surface area contributed by atoms with Crippen molar-refractivity contribution in [2.24, 2.45) is 11.8 Å². The molecule has 1 fully saturated rings. The summed E-state index contributed by atoms with van der Waals surface area (Å²) in [7, 11) is 0. The van der Waals surface area contributed by atoms with Crippen molar-refractivity contribution < 1.29 is 9.18 Å². The normalized spacial score (nSPS) is 19.5. The Morgan fingerprint density at radius 3 is 2.64 bits per heavy atom. The number of carbonyl (C=O) groups is 1. The molecule has 1 aliphatic rings. The molecule has 7 heteroatoms. The number of hydrazine groups is 1. The molecule has 0 aliphatic carbocycles. The number of benzene rings is 2. The molecule has 1 amide bonds. The number of allylic oxidation sites excluding steroid dienone is 1. The summed E-state index contributed by atoms with van der Waals surface area (Å²) in [6.45, 7) is 4.86. The van der Waals surface area contributed by atoms with Crippen LogP contribution in [0.1, 0.15) is 36.2 Å². The molecule has 1 aliphatic heterocycles. The standard InChI is InChI=1S/C26H32FN3OS2/c1-17(2)25(12-13-33-3)29-26(31)23-11-5-18(4-10-21-15-22(32)16-30(21)28)14-24(23)19-6-8-20(27)9-7-19/h4-12,14,17,21-22,32H,13,15-16,28H2,1-3H3,(H,29,31)/b10-4+,25-12+. The van der Waals surface area contributed by atoms with E-state index in [1.807, 2.05) is 30.5 Å². The van der Waals surface area contributed by atoms with Gasteiger partial charge in [0.1, 0.15) is 5.82 Å². The van der Waals surface area contributed by atoms with E-state index in [2.05, 4.69) is 43.9 Å². The SMILES string of the molecule is CSC/C=C(/NC(=O)c1ccc(/C=C/C2CC(S)CN2N)cc1-c1ccc(F)cc1)C(C)C. The first-order chi connectivity index (χ1) is 15.8. The van der Waals surface area contributed by atoms with Crippen molar-refractivity contribution in [2.45, 2.75) is 31.6 Å². The summed E-state index contributed by atoms with van der Waals surface area (Å²) in [5.74, 6) is 6.61. The van der Waals surface area contributed by atoms with Gasteiger partial charge in [-0.2, -0.15) is 24.4 Å². The van der Waals surface area contributed by atoms with E-state index in [9.17, 15) is 9.18 Å². The molecule has 1 saturated heterocycles. The number of nitrogens with two attached hydrogens (primary N) is 1. The Morgan fingerprint density at radius 1 is 1.30 bits per heavy atom. The Bertz CT molecular complexity index is 1020. The molecule has 0 bridgehead atoms. The predicted molar refractivity (Wildman–Crippen MR) is 142 cm³/mol. The predicted octanol–water partition coefficient (Wildman–Crippen LogP) is 5.39. The molecular formula is C26H32FN3OS2. The van der Waals surface area contributed by atoms with Gasteiger partial charge in [0.15, 0.2) is 0 Å². The van der Waals surface area contributed by atoms with Crippen LogP contribution in [0.2, 0.25) is 0 Å². The number of amides is 1. The molecule has 0 spiro atoms. The molecule has 2 aromatic carbocycles. The molecular weight excluding hydrogens is 453 g/mol. The number of hydrogen-bond acceptors (Lipinski definition) is 5. The van der Waals surface area contributed by atoms with Crippen LogP contribution in [0.25, 0.3) is 17.2 Å². The van der Waals surface area contributed by atoms with E-state index in [-0.39, 0.29) is 28.9 Å². The van der Waals surface area contributed by atoms with Gasteiger partial charge in [-0.25, -0.2) is 9.40 Å². The molecule has 2 aromatic rings. The summed E-state index contributed by atoms with van der Waals surface area (Å²) < 4.78 is 13.6. The molecule has 33 heavy (non-hydrogen) atoms. The lowest BCUT2D eigenvalue weighted by molar-refractivity contribution is 0.0963. The zero-order chi connectivity index (χ0) is 24.0. The van der Waals surface area contributed by atoms with Crippen molar-refractivity contribution in [3.05, 3.63) is 77.3 Å². The minimum Gasteiger partial charge on any atom is -0.326 e. The number of carbonyl (C=O) groups excluding carboxylic acids is 1. The highest BCUT2D eigenvalue weighted by Crippen LogP contribution is 2.28. The number of nitrogens with one attached hydrogen (secondary N) is 1. The highest BCUT2D eigenvalue weighted by Gasteiger charge is 2.25. The van der Waals surface area contributed by atoms with Crippen LogP contribution >= 0.6 is 24.4 Å². The molecule has 3 N–H and O–H groups in total.